The number of aryl methyl sites for hydroxylation is 1. The van der Waals surface area contributed by atoms with Crippen molar-refractivity contribution in [2.75, 3.05) is 0 Å². The van der Waals surface area contributed by atoms with Crippen LogP contribution in [-0.2, 0) is 16.0 Å². The van der Waals surface area contributed by atoms with Gasteiger partial charge in [-0.3, -0.25) is 9.59 Å². The minimum absolute atomic E-state index is 0.00115. The molecule has 0 atom stereocenters. The molecular weight excluding hydrogens is 246 g/mol. The second-order valence-electron chi connectivity index (χ2n) is 4.44. The average Bonchev–Trinajstić information content (AvgIpc) is 2.87. The Balaban J connectivity index is 2.22. The first-order valence-corrected chi connectivity index (χ1v) is 6.75. The number of carbonyl (C=O) groups is 2. The van der Waals surface area contributed by atoms with Gasteiger partial charge in [-0.25, -0.2) is 4.98 Å². The molecule has 0 saturated heterocycles. The molecule has 2 rings (SSSR count). The number of hydrogen-bond acceptors (Lipinski definition) is 4. The van der Waals surface area contributed by atoms with Crippen LogP contribution in [0.2, 0.25) is 0 Å². The summed E-state index contributed by atoms with van der Waals surface area (Å²) in [6, 6.07) is 0. The van der Waals surface area contributed by atoms with E-state index in [1.165, 1.54) is 0 Å². The number of aromatic nitrogens is 1. The van der Waals surface area contributed by atoms with Gasteiger partial charge in [0.25, 0.3) is 0 Å². The number of allylic oxidation sites excluding steroid dienone is 4. The zero-order valence-electron chi connectivity index (χ0n) is 10.7. The third kappa shape index (κ3) is 2.20. The zero-order chi connectivity index (χ0) is 13.3. The summed E-state index contributed by atoms with van der Waals surface area (Å²) in [6.07, 6.45) is 3.06. The molecule has 4 heteroatoms. The Morgan fingerprint density at radius 2 is 1.67 bits per heavy atom. The van der Waals surface area contributed by atoms with Gasteiger partial charge in [0.15, 0.2) is 11.6 Å². The summed E-state index contributed by atoms with van der Waals surface area (Å²) in [6.45, 7) is 5.19. The first kappa shape index (κ1) is 12.9. The molecule has 0 amide bonds. The summed E-state index contributed by atoms with van der Waals surface area (Å²) in [4.78, 5) is 28.3. The third-order valence-electron chi connectivity index (χ3n) is 3.38. The number of rotatable bonds is 3. The molecule has 18 heavy (non-hydrogen) atoms. The van der Waals surface area contributed by atoms with Crippen LogP contribution >= 0.6 is 11.3 Å². The fourth-order valence-electron chi connectivity index (χ4n) is 2.06. The Labute approximate surface area is 110 Å². The quantitative estimate of drug-likeness (QED) is 0.786. The van der Waals surface area contributed by atoms with Crippen molar-refractivity contribution < 1.29 is 9.59 Å². The van der Waals surface area contributed by atoms with Crippen LogP contribution in [-0.4, -0.2) is 16.6 Å². The van der Waals surface area contributed by atoms with E-state index >= 15 is 0 Å². The maximum Gasteiger partial charge on any atom is 0.185 e. The highest BCUT2D eigenvalue weighted by Gasteiger charge is 2.27. The van der Waals surface area contributed by atoms with E-state index in [-0.39, 0.29) is 11.6 Å². The monoisotopic (exact) mass is 261 g/mol. The summed E-state index contributed by atoms with van der Waals surface area (Å²) in [5, 5.41) is 2.92. The molecule has 0 spiro atoms. The molecule has 1 aliphatic carbocycles. The van der Waals surface area contributed by atoms with Gasteiger partial charge in [-0.2, -0.15) is 0 Å². The standard InChI is InChI=1S/C14H15NO2S/c1-8-9(2)14(17)11(10(3)13(8)16)4-5-12-15-6-7-18-12/h6-7H,4-5H2,1-3H3. The van der Waals surface area contributed by atoms with Crippen LogP contribution in [0.3, 0.4) is 0 Å². The molecule has 1 aromatic rings. The minimum atomic E-state index is 0.00115. The van der Waals surface area contributed by atoms with Crippen molar-refractivity contribution in [2.24, 2.45) is 0 Å². The highest BCUT2D eigenvalue weighted by molar-refractivity contribution is 7.09. The van der Waals surface area contributed by atoms with E-state index in [9.17, 15) is 9.59 Å². The predicted molar refractivity (Wildman–Crippen MR) is 71.5 cm³/mol. The van der Waals surface area contributed by atoms with Gasteiger partial charge in [0, 0.05) is 40.3 Å². The second kappa shape index (κ2) is 4.98. The molecule has 0 aliphatic heterocycles. The van der Waals surface area contributed by atoms with Crippen molar-refractivity contribution in [1.82, 2.24) is 4.98 Å². The Kier molecular flexibility index (Phi) is 3.57. The Hall–Kier alpha value is -1.55. The molecule has 1 aromatic heterocycles. The summed E-state index contributed by atoms with van der Waals surface area (Å²) in [5.74, 6) is 0.0161. The maximum absolute atomic E-state index is 12.2. The van der Waals surface area contributed by atoms with Crippen LogP contribution in [0.4, 0.5) is 0 Å². The fraction of sp³-hybridized carbons (Fsp3) is 0.357. The smallest absolute Gasteiger partial charge is 0.185 e. The van der Waals surface area contributed by atoms with Crippen LogP contribution in [0.15, 0.2) is 33.9 Å². The van der Waals surface area contributed by atoms with Gasteiger partial charge in [-0.1, -0.05) is 0 Å². The minimum Gasteiger partial charge on any atom is -0.289 e. The predicted octanol–water partition coefficient (Wildman–Crippen LogP) is 2.88. The number of Topliss-reactive ketones (excluding diaryl/α,β-unsaturated/α-hetero) is 2. The molecule has 1 heterocycles. The Morgan fingerprint density at radius 1 is 1.00 bits per heavy atom. The molecule has 0 bridgehead atoms. The van der Waals surface area contributed by atoms with Crippen molar-refractivity contribution in [3.63, 3.8) is 0 Å². The highest BCUT2D eigenvalue weighted by atomic mass is 32.1. The molecule has 0 saturated carbocycles. The van der Waals surface area contributed by atoms with Gasteiger partial charge in [0.1, 0.15) is 0 Å². The Bertz CT molecular complexity index is 565. The number of thiazole rings is 1. The van der Waals surface area contributed by atoms with Gasteiger partial charge < -0.3 is 0 Å². The lowest BCUT2D eigenvalue weighted by Crippen LogP contribution is -2.21. The first-order valence-electron chi connectivity index (χ1n) is 5.87. The van der Waals surface area contributed by atoms with E-state index in [0.29, 0.717) is 28.7 Å². The third-order valence-corrected chi connectivity index (χ3v) is 4.22. The molecule has 0 radical (unpaired) electrons. The largest absolute Gasteiger partial charge is 0.289 e. The van der Waals surface area contributed by atoms with Crippen LogP contribution in [0.5, 0.6) is 0 Å². The summed E-state index contributed by atoms with van der Waals surface area (Å²) in [5.41, 5.74) is 2.41. The molecule has 0 fully saturated rings. The Morgan fingerprint density at radius 3 is 2.28 bits per heavy atom. The normalized spacial score (nSPS) is 16.8. The van der Waals surface area contributed by atoms with Gasteiger partial charge >= 0.3 is 0 Å². The lowest BCUT2D eigenvalue weighted by atomic mass is 9.84. The molecule has 1 aliphatic rings. The topological polar surface area (TPSA) is 47.0 Å². The number of nitrogens with zero attached hydrogens (tertiary/aromatic N) is 1. The maximum atomic E-state index is 12.2. The average molecular weight is 261 g/mol. The molecule has 3 nitrogen and oxygen atoms in total. The van der Waals surface area contributed by atoms with Crippen molar-refractivity contribution in [2.45, 2.75) is 33.6 Å². The zero-order valence-corrected chi connectivity index (χ0v) is 11.6. The van der Waals surface area contributed by atoms with Crippen molar-refractivity contribution in [1.29, 1.82) is 0 Å². The van der Waals surface area contributed by atoms with E-state index in [4.69, 9.17) is 0 Å². The molecule has 0 unspecified atom stereocenters. The first-order chi connectivity index (χ1) is 8.52. The lowest BCUT2D eigenvalue weighted by Gasteiger charge is -2.18. The van der Waals surface area contributed by atoms with Crippen molar-refractivity contribution in [3.8, 4) is 0 Å². The van der Waals surface area contributed by atoms with Gasteiger partial charge in [0.05, 0.1) is 5.01 Å². The highest BCUT2D eigenvalue weighted by Crippen LogP contribution is 2.27. The second-order valence-corrected chi connectivity index (χ2v) is 5.42. The summed E-state index contributed by atoms with van der Waals surface area (Å²) < 4.78 is 0. The van der Waals surface area contributed by atoms with Gasteiger partial charge in [-0.05, 0) is 27.2 Å². The summed E-state index contributed by atoms with van der Waals surface area (Å²) in [7, 11) is 0. The number of ketones is 2. The van der Waals surface area contributed by atoms with E-state index in [0.717, 1.165) is 11.4 Å². The lowest BCUT2D eigenvalue weighted by molar-refractivity contribution is -0.116. The van der Waals surface area contributed by atoms with E-state index in [2.05, 4.69) is 4.98 Å². The number of carbonyl (C=O) groups excluding carboxylic acids is 2. The molecule has 94 valence electrons. The van der Waals surface area contributed by atoms with Crippen molar-refractivity contribution >= 4 is 22.9 Å². The van der Waals surface area contributed by atoms with Crippen molar-refractivity contribution in [3.05, 3.63) is 38.9 Å². The van der Waals surface area contributed by atoms with Crippen LogP contribution in [0.25, 0.3) is 0 Å². The van der Waals surface area contributed by atoms with E-state index in [1.807, 2.05) is 5.38 Å². The van der Waals surface area contributed by atoms with E-state index < -0.39 is 0 Å². The number of hydrogen-bond donors (Lipinski definition) is 0. The van der Waals surface area contributed by atoms with Gasteiger partial charge in [-0.15, -0.1) is 11.3 Å². The molecule has 0 aromatic carbocycles. The SMILES string of the molecule is CC1=C(C)C(=O)C(CCc2nccs2)=C(C)C1=O. The summed E-state index contributed by atoms with van der Waals surface area (Å²) >= 11 is 1.57. The molecule has 0 N–H and O–H groups in total. The fourth-order valence-corrected chi connectivity index (χ4v) is 2.69. The molecular formula is C14H15NO2S. The van der Waals surface area contributed by atoms with Crippen LogP contribution in [0.1, 0.15) is 32.2 Å². The van der Waals surface area contributed by atoms with Crippen LogP contribution < -0.4 is 0 Å². The van der Waals surface area contributed by atoms with Gasteiger partial charge in [0.2, 0.25) is 0 Å². The van der Waals surface area contributed by atoms with Crippen LogP contribution in [0, 0.1) is 0 Å². The van der Waals surface area contributed by atoms with E-state index in [1.54, 1.807) is 38.3 Å².